The summed E-state index contributed by atoms with van der Waals surface area (Å²) in [6.07, 6.45) is 3.88. The van der Waals surface area contributed by atoms with E-state index in [0.29, 0.717) is 43.4 Å². The van der Waals surface area contributed by atoms with Gasteiger partial charge in [0.05, 0.1) is 24.3 Å². The van der Waals surface area contributed by atoms with Crippen molar-refractivity contribution >= 4 is 34.3 Å². The Morgan fingerprint density at radius 2 is 2.00 bits per heavy atom. The molecule has 0 bridgehead atoms. The molecule has 3 aromatic rings. The van der Waals surface area contributed by atoms with Gasteiger partial charge in [0.15, 0.2) is 0 Å². The van der Waals surface area contributed by atoms with E-state index in [4.69, 9.17) is 22.1 Å². The molecule has 1 aromatic carbocycles. The van der Waals surface area contributed by atoms with Crippen LogP contribution in [0.1, 0.15) is 28.0 Å². The Bertz CT molecular complexity index is 1170. The van der Waals surface area contributed by atoms with Crippen molar-refractivity contribution in [2.75, 3.05) is 26.3 Å². The van der Waals surface area contributed by atoms with E-state index < -0.39 is 5.91 Å². The molecule has 0 spiro atoms. The van der Waals surface area contributed by atoms with E-state index in [-0.39, 0.29) is 11.8 Å². The van der Waals surface area contributed by atoms with Gasteiger partial charge in [-0.15, -0.1) is 0 Å². The molecule has 0 saturated carbocycles. The zero-order valence-electron chi connectivity index (χ0n) is 17.0. The Balaban J connectivity index is 1.56. The van der Waals surface area contributed by atoms with Crippen molar-refractivity contribution in [1.82, 2.24) is 14.9 Å². The largest absolute Gasteiger partial charge is 0.378 e. The lowest BCUT2D eigenvalue weighted by atomic mass is 9.85. The van der Waals surface area contributed by atoms with Crippen molar-refractivity contribution in [1.29, 1.82) is 0 Å². The van der Waals surface area contributed by atoms with E-state index in [2.05, 4.69) is 9.97 Å². The molecule has 8 heteroatoms. The zero-order valence-corrected chi connectivity index (χ0v) is 17.7. The standard InChI is InChI=1S/C23H23ClN4O3/c24-20-4-2-14(12-26-20)15-10-17-16-9-13(23(30)28-5-7-31-8-6-28)1-3-19(16)27-21(17)18(11-15)22(25)29/h2,4,10-13,27H,1,3,5-9H2,(H2,25,29). The first-order chi connectivity index (χ1) is 15.0. The number of H-pyrrole nitrogens is 1. The summed E-state index contributed by atoms with van der Waals surface area (Å²) in [5.74, 6) is -0.368. The first kappa shape index (κ1) is 20.0. The summed E-state index contributed by atoms with van der Waals surface area (Å²) in [4.78, 5) is 34.8. The molecule has 1 aliphatic heterocycles. The Morgan fingerprint density at radius 1 is 1.19 bits per heavy atom. The normalized spacial score (nSPS) is 18.7. The Morgan fingerprint density at radius 3 is 2.71 bits per heavy atom. The van der Waals surface area contributed by atoms with Gasteiger partial charge in [0.25, 0.3) is 5.91 Å². The van der Waals surface area contributed by atoms with Gasteiger partial charge in [-0.1, -0.05) is 11.6 Å². The summed E-state index contributed by atoms with van der Waals surface area (Å²) >= 11 is 5.93. The first-order valence-corrected chi connectivity index (χ1v) is 10.8. The lowest BCUT2D eigenvalue weighted by Gasteiger charge is -2.32. The molecule has 5 rings (SSSR count). The maximum absolute atomic E-state index is 13.1. The number of nitrogens with zero attached hydrogens (tertiary/aromatic N) is 2. The summed E-state index contributed by atoms with van der Waals surface area (Å²) in [7, 11) is 0. The number of aryl methyl sites for hydroxylation is 1. The maximum Gasteiger partial charge on any atom is 0.250 e. The Hall–Kier alpha value is -2.90. The number of nitrogens with two attached hydrogens (primary N) is 1. The lowest BCUT2D eigenvalue weighted by Crippen LogP contribution is -2.44. The SMILES string of the molecule is NC(=O)c1cc(-c2ccc(Cl)nc2)cc2c3c([nH]c12)CCC(C(=O)N1CCOCC1)C3. The number of carbonyl (C=O) groups is 2. The summed E-state index contributed by atoms with van der Waals surface area (Å²) in [6, 6.07) is 7.41. The molecule has 1 fully saturated rings. The Kier molecular flexibility index (Phi) is 5.16. The second-order valence-electron chi connectivity index (χ2n) is 8.14. The highest BCUT2D eigenvalue weighted by molar-refractivity contribution is 6.29. The van der Waals surface area contributed by atoms with E-state index in [1.54, 1.807) is 18.3 Å². The number of carbonyl (C=O) groups excluding carboxylic acids is 2. The number of hydrogen-bond acceptors (Lipinski definition) is 4. The third-order valence-electron chi connectivity index (χ3n) is 6.30. The molecule has 1 unspecified atom stereocenters. The number of hydrogen-bond donors (Lipinski definition) is 2. The van der Waals surface area contributed by atoms with Gasteiger partial charge in [-0.05, 0) is 54.7 Å². The zero-order chi connectivity index (χ0) is 21.5. The van der Waals surface area contributed by atoms with Crippen LogP contribution in [0, 0.1) is 5.92 Å². The highest BCUT2D eigenvalue weighted by atomic mass is 35.5. The maximum atomic E-state index is 13.1. The highest BCUT2D eigenvalue weighted by Crippen LogP contribution is 2.36. The molecule has 2 aromatic heterocycles. The number of halogens is 1. The van der Waals surface area contributed by atoms with Crippen LogP contribution in [0.5, 0.6) is 0 Å². The van der Waals surface area contributed by atoms with Gasteiger partial charge >= 0.3 is 0 Å². The molecule has 1 aliphatic carbocycles. The molecular formula is C23H23ClN4O3. The van der Waals surface area contributed by atoms with Crippen LogP contribution < -0.4 is 5.73 Å². The van der Waals surface area contributed by atoms with E-state index >= 15 is 0 Å². The molecule has 7 nitrogen and oxygen atoms in total. The van der Waals surface area contributed by atoms with Crippen LogP contribution in [0.15, 0.2) is 30.5 Å². The Labute approximate surface area is 184 Å². The molecule has 1 saturated heterocycles. The fraction of sp³-hybridized carbons (Fsp3) is 0.348. The van der Waals surface area contributed by atoms with Crippen LogP contribution in [-0.2, 0) is 22.4 Å². The predicted octanol–water partition coefficient (Wildman–Crippen LogP) is 2.95. The fourth-order valence-electron chi connectivity index (χ4n) is 4.68. The smallest absolute Gasteiger partial charge is 0.250 e. The van der Waals surface area contributed by atoms with Crippen LogP contribution in [0.25, 0.3) is 22.0 Å². The van der Waals surface area contributed by atoms with Crippen molar-refractivity contribution in [2.45, 2.75) is 19.3 Å². The number of aromatic amines is 1. The first-order valence-electron chi connectivity index (χ1n) is 10.5. The van der Waals surface area contributed by atoms with E-state index in [1.807, 2.05) is 17.0 Å². The minimum atomic E-state index is -0.492. The van der Waals surface area contributed by atoms with Crippen LogP contribution >= 0.6 is 11.6 Å². The molecule has 3 heterocycles. The van der Waals surface area contributed by atoms with Gasteiger partial charge in [0.2, 0.25) is 5.91 Å². The number of benzene rings is 1. The molecule has 160 valence electrons. The fourth-order valence-corrected chi connectivity index (χ4v) is 4.79. The third kappa shape index (κ3) is 3.68. The van der Waals surface area contributed by atoms with Crippen LogP contribution in [0.2, 0.25) is 5.15 Å². The van der Waals surface area contributed by atoms with Crippen molar-refractivity contribution in [3.8, 4) is 11.1 Å². The van der Waals surface area contributed by atoms with E-state index in [1.165, 1.54) is 0 Å². The summed E-state index contributed by atoms with van der Waals surface area (Å²) in [6.45, 7) is 2.49. The van der Waals surface area contributed by atoms with Crippen molar-refractivity contribution in [2.24, 2.45) is 11.7 Å². The van der Waals surface area contributed by atoms with Gasteiger partial charge in [-0.2, -0.15) is 0 Å². The molecule has 2 aliphatic rings. The minimum absolute atomic E-state index is 0.0671. The molecule has 2 amide bonds. The number of fused-ring (bicyclic) bond motifs is 3. The molecule has 3 N–H and O–H groups in total. The number of primary amides is 1. The van der Waals surface area contributed by atoms with Crippen molar-refractivity contribution in [3.63, 3.8) is 0 Å². The van der Waals surface area contributed by atoms with Crippen molar-refractivity contribution in [3.05, 3.63) is 52.4 Å². The molecular weight excluding hydrogens is 416 g/mol. The van der Waals surface area contributed by atoms with E-state index in [0.717, 1.165) is 46.1 Å². The molecule has 31 heavy (non-hydrogen) atoms. The number of amides is 2. The van der Waals surface area contributed by atoms with Crippen molar-refractivity contribution < 1.29 is 14.3 Å². The van der Waals surface area contributed by atoms with Crippen LogP contribution in [0.3, 0.4) is 0 Å². The van der Waals surface area contributed by atoms with Gasteiger partial charge in [0.1, 0.15) is 5.15 Å². The van der Waals surface area contributed by atoms with Gasteiger partial charge in [-0.25, -0.2) is 4.98 Å². The number of ether oxygens (including phenoxy) is 1. The summed E-state index contributed by atoms with van der Waals surface area (Å²) in [5.41, 5.74) is 10.8. The second kappa shape index (κ2) is 7.98. The highest BCUT2D eigenvalue weighted by Gasteiger charge is 2.31. The molecule has 1 atom stereocenters. The predicted molar refractivity (Wildman–Crippen MR) is 118 cm³/mol. The van der Waals surface area contributed by atoms with Gasteiger partial charge in [-0.3, -0.25) is 9.59 Å². The topological polar surface area (TPSA) is 101 Å². The average Bonchev–Trinajstić information content (AvgIpc) is 3.16. The summed E-state index contributed by atoms with van der Waals surface area (Å²) < 4.78 is 5.38. The lowest BCUT2D eigenvalue weighted by molar-refractivity contribution is -0.140. The number of aromatic nitrogens is 2. The third-order valence-corrected chi connectivity index (χ3v) is 6.52. The average molecular weight is 439 g/mol. The van der Waals surface area contributed by atoms with Crippen LogP contribution in [-0.4, -0.2) is 53.0 Å². The van der Waals surface area contributed by atoms with Gasteiger partial charge < -0.3 is 20.4 Å². The number of rotatable bonds is 3. The molecule has 0 radical (unpaired) electrons. The van der Waals surface area contributed by atoms with E-state index in [9.17, 15) is 9.59 Å². The van der Waals surface area contributed by atoms with Gasteiger partial charge in [0, 0.05) is 41.8 Å². The summed E-state index contributed by atoms with van der Waals surface area (Å²) in [5, 5.41) is 1.35. The second-order valence-corrected chi connectivity index (χ2v) is 8.53. The monoisotopic (exact) mass is 438 g/mol. The number of pyridine rings is 1. The van der Waals surface area contributed by atoms with Crippen LogP contribution in [0.4, 0.5) is 0 Å². The quantitative estimate of drug-likeness (QED) is 0.614. The number of nitrogens with one attached hydrogen (secondary N) is 1. The minimum Gasteiger partial charge on any atom is -0.378 e. The number of morpholine rings is 1.